The Balaban J connectivity index is 1.67. The van der Waals surface area contributed by atoms with Crippen molar-refractivity contribution in [1.82, 2.24) is 5.32 Å². The zero-order valence-electron chi connectivity index (χ0n) is 11.7. The van der Waals surface area contributed by atoms with Gasteiger partial charge in [-0.25, -0.2) is 0 Å². The SMILES string of the molecule is CCCCOCCCNC1CCCc2sc(Br)cc21. The van der Waals surface area contributed by atoms with E-state index in [1.165, 1.54) is 41.5 Å². The summed E-state index contributed by atoms with van der Waals surface area (Å²) >= 11 is 5.51. The second kappa shape index (κ2) is 8.40. The Bertz CT molecular complexity index is 380. The highest BCUT2D eigenvalue weighted by atomic mass is 79.9. The van der Waals surface area contributed by atoms with Crippen molar-refractivity contribution in [2.24, 2.45) is 0 Å². The molecule has 0 amide bonds. The molecule has 0 saturated heterocycles. The minimum atomic E-state index is 0.557. The van der Waals surface area contributed by atoms with Crippen LogP contribution >= 0.6 is 27.3 Å². The molecule has 108 valence electrons. The predicted octanol–water partition coefficient (Wildman–Crippen LogP) is 4.68. The lowest BCUT2D eigenvalue weighted by molar-refractivity contribution is 0.128. The summed E-state index contributed by atoms with van der Waals surface area (Å²) in [5.41, 5.74) is 1.52. The van der Waals surface area contributed by atoms with Crippen LogP contribution in [0.25, 0.3) is 0 Å². The van der Waals surface area contributed by atoms with E-state index in [0.717, 1.165) is 26.2 Å². The van der Waals surface area contributed by atoms with Crippen LogP contribution in [0, 0.1) is 0 Å². The van der Waals surface area contributed by atoms with E-state index >= 15 is 0 Å². The van der Waals surface area contributed by atoms with Gasteiger partial charge in [-0.3, -0.25) is 0 Å². The molecule has 1 aromatic rings. The third-order valence-corrected chi connectivity index (χ3v) is 5.30. The van der Waals surface area contributed by atoms with Gasteiger partial charge >= 0.3 is 0 Å². The summed E-state index contributed by atoms with van der Waals surface area (Å²) in [7, 11) is 0. The van der Waals surface area contributed by atoms with E-state index < -0.39 is 0 Å². The smallest absolute Gasteiger partial charge is 0.0704 e. The number of fused-ring (bicyclic) bond motifs is 1. The number of hydrogen-bond acceptors (Lipinski definition) is 3. The molecule has 2 nitrogen and oxygen atoms in total. The van der Waals surface area contributed by atoms with Crippen LogP contribution in [0.2, 0.25) is 0 Å². The maximum atomic E-state index is 5.59. The second-order valence-corrected chi connectivity index (χ2v) is 7.66. The Morgan fingerprint density at radius 1 is 1.42 bits per heavy atom. The number of hydrogen-bond donors (Lipinski definition) is 1. The quantitative estimate of drug-likeness (QED) is 0.690. The van der Waals surface area contributed by atoms with Crippen LogP contribution in [-0.4, -0.2) is 19.8 Å². The van der Waals surface area contributed by atoms with E-state index in [2.05, 4.69) is 34.2 Å². The molecular weight excluding hydrogens is 322 g/mol. The lowest BCUT2D eigenvalue weighted by Crippen LogP contribution is -2.25. The highest BCUT2D eigenvalue weighted by Crippen LogP contribution is 2.37. The third kappa shape index (κ3) is 4.85. The van der Waals surface area contributed by atoms with Gasteiger partial charge in [-0.15, -0.1) is 11.3 Å². The molecule has 1 aliphatic rings. The van der Waals surface area contributed by atoms with E-state index in [9.17, 15) is 0 Å². The van der Waals surface area contributed by atoms with E-state index in [4.69, 9.17) is 4.74 Å². The van der Waals surface area contributed by atoms with Gasteiger partial charge in [-0.1, -0.05) is 13.3 Å². The van der Waals surface area contributed by atoms with Crippen molar-refractivity contribution < 1.29 is 4.74 Å². The standard InChI is InChI=1S/C15H24BrNOS/c1-2-3-9-18-10-5-8-17-13-6-4-7-14-12(13)11-15(16)19-14/h11,13,17H,2-10H2,1H3. The van der Waals surface area contributed by atoms with Crippen LogP contribution in [0.3, 0.4) is 0 Å². The fourth-order valence-electron chi connectivity index (χ4n) is 2.53. The number of aryl methyl sites for hydroxylation is 1. The van der Waals surface area contributed by atoms with Crippen LogP contribution in [-0.2, 0) is 11.2 Å². The Morgan fingerprint density at radius 3 is 3.11 bits per heavy atom. The Morgan fingerprint density at radius 2 is 2.26 bits per heavy atom. The summed E-state index contributed by atoms with van der Waals surface area (Å²) in [5.74, 6) is 0. The molecule has 1 atom stereocenters. The van der Waals surface area contributed by atoms with Crippen LogP contribution in [0.4, 0.5) is 0 Å². The van der Waals surface area contributed by atoms with Crippen LogP contribution in [0.15, 0.2) is 9.85 Å². The Labute approximate surface area is 129 Å². The van der Waals surface area contributed by atoms with Crippen LogP contribution < -0.4 is 5.32 Å². The van der Waals surface area contributed by atoms with Gasteiger partial charge in [0.05, 0.1) is 3.79 Å². The highest BCUT2D eigenvalue weighted by Gasteiger charge is 2.21. The normalized spacial score (nSPS) is 18.5. The third-order valence-electron chi connectivity index (χ3n) is 3.58. The van der Waals surface area contributed by atoms with Crippen molar-refractivity contribution in [3.63, 3.8) is 0 Å². The van der Waals surface area contributed by atoms with E-state index in [-0.39, 0.29) is 0 Å². The Hall–Kier alpha value is 0.100. The topological polar surface area (TPSA) is 21.3 Å². The molecule has 4 heteroatoms. The van der Waals surface area contributed by atoms with Gasteiger partial charge in [0.1, 0.15) is 0 Å². The summed E-state index contributed by atoms with van der Waals surface area (Å²) < 4.78 is 6.86. The van der Waals surface area contributed by atoms with Crippen molar-refractivity contribution in [3.8, 4) is 0 Å². The minimum absolute atomic E-state index is 0.557. The molecule has 2 rings (SSSR count). The summed E-state index contributed by atoms with van der Waals surface area (Å²) in [6.07, 6.45) is 7.35. The van der Waals surface area contributed by atoms with Gasteiger partial charge in [-0.05, 0) is 66.2 Å². The zero-order valence-corrected chi connectivity index (χ0v) is 14.1. The van der Waals surface area contributed by atoms with Crippen molar-refractivity contribution >= 4 is 27.3 Å². The monoisotopic (exact) mass is 345 g/mol. The van der Waals surface area contributed by atoms with Crippen molar-refractivity contribution in [1.29, 1.82) is 0 Å². The fourth-order valence-corrected chi connectivity index (χ4v) is 4.35. The molecule has 1 heterocycles. The summed E-state index contributed by atoms with van der Waals surface area (Å²) in [4.78, 5) is 1.56. The highest BCUT2D eigenvalue weighted by molar-refractivity contribution is 9.11. The zero-order chi connectivity index (χ0) is 13.5. The number of thiophene rings is 1. The average molecular weight is 346 g/mol. The molecule has 0 saturated carbocycles. The lowest BCUT2D eigenvalue weighted by Gasteiger charge is -2.23. The van der Waals surface area contributed by atoms with E-state index in [1.807, 2.05) is 11.3 Å². The molecular formula is C15H24BrNOS. The van der Waals surface area contributed by atoms with Gasteiger partial charge in [0, 0.05) is 24.1 Å². The molecule has 1 aromatic heterocycles. The van der Waals surface area contributed by atoms with E-state index in [0.29, 0.717) is 6.04 Å². The maximum Gasteiger partial charge on any atom is 0.0704 e. The van der Waals surface area contributed by atoms with Crippen molar-refractivity contribution in [2.45, 2.75) is 51.5 Å². The summed E-state index contributed by atoms with van der Waals surface area (Å²) in [6.45, 7) is 5.07. The molecule has 0 bridgehead atoms. The number of nitrogens with one attached hydrogen (secondary N) is 1. The molecule has 19 heavy (non-hydrogen) atoms. The largest absolute Gasteiger partial charge is 0.381 e. The number of unbranched alkanes of at least 4 members (excludes halogenated alkanes) is 1. The average Bonchev–Trinajstić information content (AvgIpc) is 2.78. The molecule has 1 unspecified atom stereocenters. The molecule has 1 aliphatic carbocycles. The Kier molecular flexibility index (Phi) is 6.85. The van der Waals surface area contributed by atoms with E-state index in [1.54, 1.807) is 4.88 Å². The number of ether oxygens (including phenoxy) is 1. The summed E-state index contributed by atoms with van der Waals surface area (Å²) in [6, 6.07) is 2.86. The first kappa shape index (κ1) is 15.5. The predicted molar refractivity (Wildman–Crippen MR) is 86.0 cm³/mol. The second-order valence-electron chi connectivity index (χ2n) is 5.15. The minimum Gasteiger partial charge on any atom is -0.381 e. The molecule has 0 aliphatic heterocycles. The number of rotatable bonds is 8. The van der Waals surface area contributed by atoms with Crippen LogP contribution in [0.5, 0.6) is 0 Å². The van der Waals surface area contributed by atoms with Gasteiger partial charge < -0.3 is 10.1 Å². The number of halogens is 1. The van der Waals surface area contributed by atoms with Crippen molar-refractivity contribution in [2.75, 3.05) is 19.8 Å². The molecule has 0 spiro atoms. The lowest BCUT2D eigenvalue weighted by atomic mass is 9.94. The molecule has 0 fully saturated rings. The maximum absolute atomic E-state index is 5.59. The fraction of sp³-hybridized carbons (Fsp3) is 0.733. The summed E-state index contributed by atoms with van der Waals surface area (Å²) in [5, 5.41) is 3.69. The van der Waals surface area contributed by atoms with Crippen LogP contribution in [0.1, 0.15) is 55.5 Å². The molecule has 1 N–H and O–H groups in total. The first-order chi connectivity index (χ1) is 9.31. The first-order valence-electron chi connectivity index (χ1n) is 7.40. The van der Waals surface area contributed by atoms with Gasteiger partial charge in [0.25, 0.3) is 0 Å². The molecule has 0 radical (unpaired) electrons. The van der Waals surface area contributed by atoms with Gasteiger partial charge in [0.2, 0.25) is 0 Å². The van der Waals surface area contributed by atoms with Crippen molar-refractivity contribution in [3.05, 3.63) is 20.3 Å². The van der Waals surface area contributed by atoms with Gasteiger partial charge in [0.15, 0.2) is 0 Å². The first-order valence-corrected chi connectivity index (χ1v) is 9.01. The van der Waals surface area contributed by atoms with Gasteiger partial charge in [-0.2, -0.15) is 0 Å². The molecule has 0 aromatic carbocycles.